The van der Waals surface area contributed by atoms with Gasteiger partial charge < -0.3 is 0 Å². The topological polar surface area (TPSA) is 49.7 Å². The van der Waals surface area contributed by atoms with Crippen LogP contribution in [0.2, 0.25) is 5.02 Å². The van der Waals surface area contributed by atoms with Gasteiger partial charge in [0.15, 0.2) is 0 Å². The van der Waals surface area contributed by atoms with Crippen LogP contribution in [0.25, 0.3) is 0 Å². The Morgan fingerprint density at radius 3 is 2.23 bits per heavy atom. The third-order valence-corrected chi connectivity index (χ3v) is 5.02. The predicted octanol–water partition coefficient (Wildman–Crippen LogP) is 3.88. The summed E-state index contributed by atoms with van der Waals surface area (Å²) in [4.78, 5) is 0.0824. The molecule has 0 radical (unpaired) electrons. The van der Waals surface area contributed by atoms with E-state index in [2.05, 4.69) is 5.10 Å². The molecule has 0 fully saturated rings. The second kappa shape index (κ2) is 5.91. The second-order valence-electron chi connectivity index (χ2n) is 4.86. The van der Waals surface area contributed by atoms with E-state index in [9.17, 15) is 8.42 Å². The molecule has 0 bridgehead atoms. The van der Waals surface area contributed by atoms with Gasteiger partial charge in [-0.15, -0.1) is 0 Å². The lowest BCUT2D eigenvalue weighted by molar-refractivity contribution is 0.609. The van der Waals surface area contributed by atoms with Crippen molar-refractivity contribution in [3.8, 4) is 0 Å². The smallest absolute Gasteiger partial charge is 0.261 e. The van der Waals surface area contributed by atoms with Crippen LogP contribution in [0, 0.1) is 0 Å². The van der Waals surface area contributed by atoms with E-state index in [0.29, 0.717) is 5.02 Å². The van der Waals surface area contributed by atoms with Gasteiger partial charge in [0.25, 0.3) is 9.05 Å². The van der Waals surface area contributed by atoms with Crippen LogP contribution in [0.15, 0.2) is 58.5 Å². The Balaban J connectivity index is 1.83. The molecular weight excluding hydrogens is 343 g/mol. The quantitative estimate of drug-likeness (QED) is 0.785. The molecule has 22 heavy (non-hydrogen) atoms. The lowest BCUT2D eigenvalue weighted by Crippen LogP contribution is -2.11. The molecule has 114 valence electrons. The monoisotopic (exact) mass is 354 g/mol. The molecule has 4 nitrogen and oxygen atoms in total. The molecule has 0 atom stereocenters. The number of nitrogens with zero attached hydrogens (tertiary/aromatic N) is 2. The first-order valence-electron chi connectivity index (χ1n) is 6.59. The zero-order valence-electron chi connectivity index (χ0n) is 11.4. The summed E-state index contributed by atoms with van der Waals surface area (Å²) in [5.74, 6) is 0. The number of halogens is 2. The summed E-state index contributed by atoms with van der Waals surface area (Å²) in [5.41, 5.74) is 2.84. The molecular formula is C15H12Cl2N2O2S. The Morgan fingerprint density at radius 2 is 1.64 bits per heavy atom. The van der Waals surface area contributed by atoms with Crippen LogP contribution >= 0.6 is 22.3 Å². The van der Waals surface area contributed by atoms with Crippen molar-refractivity contribution in [3.05, 3.63) is 59.1 Å². The van der Waals surface area contributed by atoms with Gasteiger partial charge >= 0.3 is 0 Å². The van der Waals surface area contributed by atoms with E-state index >= 15 is 0 Å². The maximum absolute atomic E-state index is 11.2. The van der Waals surface area contributed by atoms with E-state index in [1.54, 1.807) is 12.1 Å². The first kappa shape index (κ1) is 15.3. The van der Waals surface area contributed by atoms with Crippen molar-refractivity contribution < 1.29 is 8.42 Å². The van der Waals surface area contributed by atoms with Crippen LogP contribution in [0.1, 0.15) is 12.0 Å². The van der Waals surface area contributed by atoms with Gasteiger partial charge in [0.2, 0.25) is 0 Å². The molecule has 2 aromatic rings. The minimum Gasteiger partial charge on any atom is -0.265 e. The molecule has 0 unspecified atom stereocenters. The number of hydrogen-bond acceptors (Lipinski definition) is 4. The fraction of sp³-hybridized carbons (Fsp3) is 0.133. The zero-order valence-corrected chi connectivity index (χ0v) is 13.7. The highest BCUT2D eigenvalue weighted by atomic mass is 35.7. The summed E-state index contributed by atoms with van der Waals surface area (Å²) in [7, 11) is 1.61. The average molecular weight is 355 g/mol. The van der Waals surface area contributed by atoms with E-state index < -0.39 is 9.05 Å². The first-order valence-corrected chi connectivity index (χ1v) is 9.28. The molecule has 1 heterocycles. The van der Waals surface area contributed by atoms with E-state index in [4.69, 9.17) is 22.3 Å². The summed E-state index contributed by atoms with van der Waals surface area (Å²) in [6.45, 7) is 0.741. The highest BCUT2D eigenvalue weighted by Gasteiger charge is 2.18. The van der Waals surface area contributed by atoms with Gasteiger partial charge in [-0.05, 0) is 42.0 Å². The number of benzene rings is 2. The van der Waals surface area contributed by atoms with Gasteiger partial charge in [-0.3, -0.25) is 5.01 Å². The summed E-state index contributed by atoms with van der Waals surface area (Å²) in [6, 6.07) is 13.9. The third-order valence-electron chi connectivity index (χ3n) is 3.40. The fourth-order valence-corrected chi connectivity index (χ4v) is 3.17. The third kappa shape index (κ3) is 3.27. The highest BCUT2D eigenvalue weighted by molar-refractivity contribution is 8.13. The molecule has 1 aliphatic heterocycles. The molecule has 0 spiro atoms. The van der Waals surface area contributed by atoms with Crippen molar-refractivity contribution >= 4 is 42.7 Å². The number of hydrazone groups is 1. The first-order chi connectivity index (χ1) is 10.4. The van der Waals surface area contributed by atoms with E-state index in [1.807, 2.05) is 29.3 Å². The van der Waals surface area contributed by atoms with Crippen LogP contribution in [-0.2, 0) is 9.05 Å². The molecule has 0 saturated heterocycles. The number of hydrogen-bond donors (Lipinski definition) is 0. The molecule has 7 heteroatoms. The van der Waals surface area contributed by atoms with Crippen molar-refractivity contribution in [1.82, 2.24) is 0 Å². The molecule has 0 amide bonds. The number of rotatable bonds is 3. The van der Waals surface area contributed by atoms with Crippen LogP contribution in [0.4, 0.5) is 5.69 Å². The largest absolute Gasteiger partial charge is 0.265 e. The average Bonchev–Trinajstić information content (AvgIpc) is 2.97. The minimum absolute atomic E-state index is 0.0824. The molecule has 3 rings (SSSR count). The lowest BCUT2D eigenvalue weighted by atomic mass is 10.1. The van der Waals surface area contributed by atoms with Crippen molar-refractivity contribution in [3.63, 3.8) is 0 Å². The fourth-order valence-electron chi connectivity index (χ4n) is 2.27. The van der Waals surface area contributed by atoms with Crippen molar-refractivity contribution in [2.75, 3.05) is 11.6 Å². The summed E-state index contributed by atoms with van der Waals surface area (Å²) in [6.07, 6.45) is 0.817. The maximum Gasteiger partial charge on any atom is 0.261 e. The van der Waals surface area contributed by atoms with Crippen LogP contribution in [-0.4, -0.2) is 20.7 Å². The Morgan fingerprint density at radius 1 is 1.00 bits per heavy atom. The SMILES string of the molecule is O=S(=O)(Cl)c1ccc(N2CCC(c3ccc(Cl)cc3)=N2)cc1. The number of anilines is 1. The van der Waals surface area contributed by atoms with Gasteiger partial charge in [-0.1, -0.05) is 23.7 Å². The zero-order chi connectivity index (χ0) is 15.7. The maximum atomic E-state index is 11.2. The summed E-state index contributed by atoms with van der Waals surface area (Å²) in [5, 5.41) is 7.11. The van der Waals surface area contributed by atoms with E-state index in [-0.39, 0.29) is 4.90 Å². The standard InChI is InChI=1S/C15H12Cl2N2O2S/c16-12-3-1-11(2-4-12)15-9-10-19(18-15)13-5-7-14(8-6-13)22(17,20)21/h1-8H,9-10H2. The van der Waals surface area contributed by atoms with Crippen molar-refractivity contribution in [2.24, 2.45) is 5.10 Å². The Bertz CT molecular complexity index is 816. The Hall–Kier alpha value is -1.56. The van der Waals surface area contributed by atoms with Gasteiger partial charge in [-0.25, -0.2) is 8.42 Å². The molecule has 0 saturated carbocycles. The highest BCUT2D eigenvalue weighted by Crippen LogP contribution is 2.24. The molecule has 0 aromatic heterocycles. The van der Waals surface area contributed by atoms with Crippen LogP contribution in [0.5, 0.6) is 0 Å². The lowest BCUT2D eigenvalue weighted by Gasteiger charge is -2.13. The van der Waals surface area contributed by atoms with Gasteiger partial charge in [0.1, 0.15) is 0 Å². The van der Waals surface area contributed by atoms with Crippen molar-refractivity contribution in [1.29, 1.82) is 0 Å². The van der Waals surface area contributed by atoms with Gasteiger partial charge in [0, 0.05) is 28.7 Å². The Kier molecular flexibility index (Phi) is 4.12. The normalized spacial score (nSPS) is 15.0. The van der Waals surface area contributed by atoms with E-state index in [1.165, 1.54) is 12.1 Å². The second-order valence-corrected chi connectivity index (χ2v) is 7.86. The van der Waals surface area contributed by atoms with Crippen LogP contribution < -0.4 is 5.01 Å². The van der Waals surface area contributed by atoms with Crippen molar-refractivity contribution in [2.45, 2.75) is 11.3 Å². The molecule has 1 aliphatic rings. The molecule has 2 aromatic carbocycles. The van der Waals surface area contributed by atoms with Crippen LogP contribution in [0.3, 0.4) is 0 Å². The Labute approximate surface area is 138 Å². The van der Waals surface area contributed by atoms with E-state index in [0.717, 1.165) is 29.9 Å². The summed E-state index contributed by atoms with van der Waals surface area (Å²) < 4.78 is 22.5. The predicted molar refractivity (Wildman–Crippen MR) is 89.4 cm³/mol. The molecule has 0 aliphatic carbocycles. The van der Waals surface area contributed by atoms with Gasteiger partial charge in [-0.2, -0.15) is 5.10 Å². The summed E-state index contributed by atoms with van der Waals surface area (Å²) >= 11 is 5.88. The van der Waals surface area contributed by atoms with Gasteiger partial charge in [0.05, 0.1) is 16.3 Å². The molecule has 0 N–H and O–H groups in total. The minimum atomic E-state index is -3.70.